The number of nitrogens with one attached hydrogen (secondary N) is 1. The fraction of sp³-hybridized carbons (Fsp3) is 0.600. The largest absolute Gasteiger partial charge is 0.370 e. The van der Waals surface area contributed by atoms with Crippen LogP contribution in [0.1, 0.15) is 30.8 Å². The molecular formula is C15H25ClN4O. The minimum Gasteiger partial charge on any atom is -0.370 e. The van der Waals surface area contributed by atoms with E-state index in [4.69, 9.17) is 11.6 Å². The third kappa shape index (κ3) is 5.52. The number of carbonyl (C=O) groups is 1. The lowest BCUT2D eigenvalue weighted by atomic mass is 10.2. The van der Waals surface area contributed by atoms with E-state index in [1.54, 1.807) is 17.0 Å². The molecule has 0 unspecified atom stereocenters. The van der Waals surface area contributed by atoms with Gasteiger partial charge in [0.05, 0.1) is 5.02 Å². The summed E-state index contributed by atoms with van der Waals surface area (Å²) < 4.78 is 0. The fourth-order valence-corrected chi connectivity index (χ4v) is 2.19. The SMILES string of the molecule is CCNc1ccc(Cl)c(C(=O)N(CC)CCCN(C)C)n1. The quantitative estimate of drug-likeness (QED) is 0.801. The van der Waals surface area contributed by atoms with Crippen LogP contribution in [-0.2, 0) is 0 Å². The number of amides is 1. The normalized spacial score (nSPS) is 10.8. The first-order chi connectivity index (χ1) is 9.99. The average molecular weight is 313 g/mol. The van der Waals surface area contributed by atoms with Crippen LogP contribution in [0.4, 0.5) is 5.82 Å². The zero-order chi connectivity index (χ0) is 15.8. The maximum atomic E-state index is 12.6. The van der Waals surface area contributed by atoms with Gasteiger partial charge in [-0.25, -0.2) is 4.98 Å². The Morgan fingerprint density at radius 2 is 2.00 bits per heavy atom. The molecule has 0 atom stereocenters. The highest BCUT2D eigenvalue weighted by molar-refractivity contribution is 6.33. The Kier molecular flexibility index (Phi) is 7.47. The van der Waals surface area contributed by atoms with Crippen LogP contribution in [0.15, 0.2) is 12.1 Å². The van der Waals surface area contributed by atoms with Crippen molar-refractivity contribution in [3.8, 4) is 0 Å². The number of carbonyl (C=O) groups excluding carboxylic acids is 1. The number of rotatable bonds is 8. The van der Waals surface area contributed by atoms with Gasteiger partial charge in [0.1, 0.15) is 11.5 Å². The van der Waals surface area contributed by atoms with Gasteiger partial charge >= 0.3 is 0 Å². The second-order valence-electron chi connectivity index (χ2n) is 5.10. The first-order valence-electron chi connectivity index (χ1n) is 7.34. The van der Waals surface area contributed by atoms with Gasteiger partial charge in [-0.05, 0) is 53.0 Å². The molecule has 118 valence electrons. The lowest BCUT2D eigenvalue weighted by Crippen LogP contribution is -2.34. The molecule has 5 nitrogen and oxygen atoms in total. The predicted molar refractivity (Wildman–Crippen MR) is 88.2 cm³/mol. The van der Waals surface area contributed by atoms with Crippen LogP contribution in [0.2, 0.25) is 5.02 Å². The molecule has 21 heavy (non-hydrogen) atoms. The van der Waals surface area contributed by atoms with E-state index in [1.807, 2.05) is 27.9 Å². The summed E-state index contributed by atoms with van der Waals surface area (Å²) in [6.07, 6.45) is 0.928. The van der Waals surface area contributed by atoms with Gasteiger partial charge in [-0.1, -0.05) is 11.6 Å². The topological polar surface area (TPSA) is 48.5 Å². The van der Waals surface area contributed by atoms with Crippen molar-refractivity contribution in [2.45, 2.75) is 20.3 Å². The molecule has 1 aromatic rings. The van der Waals surface area contributed by atoms with Gasteiger partial charge in [0.15, 0.2) is 0 Å². The van der Waals surface area contributed by atoms with Crippen LogP contribution in [-0.4, -0.2) is 61.0 Å². The number of halogens is 1. The number of anilines is 1. The molecule has 0 aliphatic heterocycles. The molecule has 0 radical (unpaired) electrons. The highest BCUT2D eigenvalue weighted by Gasteiger charge is 2.19. The highest BCUT2D eigenvalue weighted by Crippen LogP contribution is 2.18. The van der Waals surface area contributed by atoms with Crippen molar-refractivity contribution in [2.24, 2.45) is 0 Å². The minimum absolute atomic E-state index is 0.110. The summed E-state index contributed by atoms with van der Waals surface area (Å²) in [4.78, 5) is 20.8. The van der Waals surface area contributed by atoms with Crippen LogP contribution in [0, 0.1) is 0 Å². The van der Waals surface area contributed by atoms with Gasteiger partial charge in [0, 0.05) is 19.6 Å². The lowest BCUT2D eigenvalue weighted by Gasteiger charge is -2.22. The van der Waals surface area contributed by atoms with E-state index < -0.39 is 0 Å². The van der Waals surface area contributed by atoms with E-state index in [0.29, 0.717) is 29.6 Å². The standard InChI is InChI=1S/C15H25ClN4O/c1-5-17-13-9-8-12(16)14(18-13)15(21)20(6-2)11-7-10-19(3)4/h8-9H,5-7,10-11H2,1-4H3,(H,17,18). The smallest absolute Gasteiger partial charge is 0.274 e. The zero-order valence-electron chi connectivity index (χ0n) is 13.3. The molecular weight excluding hydrogens is 288 g/mol. The van der Waals surface area contributed by atoms with E-state index >= 15 is 0 Å². The summed E-state index contributed by atoms with van der Waals surface area (Å²) in [6.45, 7) is 7.00. The van der Waals surface area contributed by atoms with E-state index in [2.05, 4.69) is 15.2 Å². The second kappa shape index (κ2) is 8.85. The Bertz CT molecular complexity index is 465. The predicted octanol–water partition coefficient (Wildman–Crippen LogP) is 2.58. The molecule has 0 spiro atoms. The molecule has 0 aromatic carbocycles. The van der Waals surface area contributed by atoms with Gasteiger partial charge in [-0.15, -0.1) is 0 Å². The lowest BCUT2D eigenvalue weighted by molar-refractivity contribution is 0.0753. The monoisotopic (exact) mass is 312 g/mol. The van der Waals surface area contributed by atoms with Crippen molar-refractivity contribution in [1.29, 1.82) is 0 Å². The molecule has 1 amide bonds. The van der Waals surface area contributed by atoms with Gasteiger partial charge < -0.3 is 15.1 Å². The Balaban J connectivity index is 2.81. The highest BCUT2D eigenvalue weighted by atomic mass is 35.5. The molecule has 1 aromatic heterocycles. The average Bonchev–Trinajstić information content (AvgIpc) is 2.45. The van der Waals surface area contributed by atoms with Crippen molar-refractivity contribution < 1.29 is 4.79 Å². The molecule has 1 rings (SSSR count). The number of pyridine rings is 1. The Morgan fingerprint density at radius 3 is 2.57 bits per heavy atom. The van der Waals surface area contributed by atoms with Crippen LogP contribution >= 0.6 is 11.6 Å². The summed E-state index contributed by atoms with van der Waals surface area (Å²) in [5, 5.41) is 3.49. The minimum atomic E-state index is -0.110. The zero-order valence-corrected chi connectivity index (χ0v) is 14.1. The maximum absolute atomic E-state index is 12.6. The van der Waals surface area contributed by atoms with Crippen molar-refractivity contribution in [2.75, 3.05) is 45.6 Å². The number of nitrogens with zero attached hydrogens (tertiary/aromatic N) is 3. The van der Waals surface area contributed by atoms with E-state index in [1.165, 1.54) is 0 Å². The first-order valence-corrected chi connectivity index (χ1v) is 7.71. The Labute approximate surface area is 132 Å². The maximum Gasteiger partial charge on any atom is 0.274 e. The molecule has 0 saturated carbocycles. The molecule has 0 aliphatic rings. The Morgan fingerprint density at radius 1 is 1.29 bits per heavy atom. The molecule has 6 heteroatoms. The van der Waals surface area contributed by atoms with Gasteiger partial charge in [0.2, 0.25) is 0 Å². The number of hydrogen-bond donors (Lipinski definition) is 1. The Hall–Kier alpha value is -1.33. The van der Waals surface area contributed by atoms with E-state index in [-0.39, 0.29) is 5.91 Å². The molecule has 0 fully saturated rings. The number of aromatic nitrogens is 1. The molecule has 0 aliphatic carbocycles. The van der Waals surface area contributed by atoms with Crippen molar-refractivity contribution in [3.63, 3.8) is 0 Å². The first kappa shape index (κ1) is 17.7. The van der Waals surface area contributed by atoms with Crippen molar-refractivity contribution in [3.05, 3.63) is 22.8 Å². The summed E-state index contributed by atoms with van der Waals surface area (Å²) in [7, 11) is 4.05. The van der Waals surface area contributed by atoms with Gasteiger partial charge in [-0.3, -0.25) is 4.79 Å². The van der Waals surface area contributed by atoms with E-state index in [0.717, 1.165) is 19.5 Å². The third-order valence-electron chi connectivity index (χ3n) is 3.11. The molecule has 0 saturated heterocycles. The fourth-order valence-electron chi connectivity index (χ4n) is 2.00. The third-order valence-corrected chi connectivity index (χ3v) is 3.41. The van der Waals surface area contributed by atoms with Crippen LogP contribution in [0.3, 0.4) is 0 Å². The second-order valence-corrected chi connectivity index (χ2v) is 5.51. The summed E-state index contributed by atoms with van der Waals surface area (Å²) in [6, 6.07) is 3.50. The van der Waals surface area contributed by atoms with Crippen LogP contribution in [0.5, 0.6) is 0 Å². The van der Waals surface area contributed by atoms with E-state index in [9.17, 15) is 4.79 Å². The van der Waals surface area contributed by atoms with Gasteiger partial charge in [-0.2, -0.15) is 0 Å². The van der Waals surface area contributed by atoms with Gasteiger partial charge in [0.25, 0.3) is 5.91 Å². The van der Waals surface area contributed by atoms with Crippen LogP contribution in [0.25, 0.3) is 0 Å². The summed E-state index contributed by atoms with van der Waals surface area (Å²) in [5.74, 6) is 0.565. The molecule has 1 N–H and O–H groups in total. The molecule has 0 bridgehead atoms. The summed E-state index contributed by atoms with van der Waals surface area (Å²) >= 11 is 6.13. The van der Waals surface area contributed by atoms with Crippen LogP contribution < -0.4 is 5.32 Å². The number of hydrogen-bond acceptors (Lipinski definition) is 4. The molecule has 1 heterocycles. The van der Waals surface area contributed by atoms with Crippen molar-refractivity contribution >= 4 is 23.3 Å². The summed E-state index contributed by atoms with van der Waals surface area (Å²) in [5.41, 5.74) is 0.321. The van der Waals surface area contributed by atoms with Crippen molar-refractivity contribution in [1.82, 2.24) is 14.8 Å².